The summed E-state index contributed by atoms with van der Waals surface area (Å²) in [5.41, 5.74) is 0.491. The van der Waals surface area contributed by atoms with E-state index >= 15 is 0 Å². The van der Waals surface area contributed by atoms with Crippen LogP contribution in [0.3, 0.4) is 0 Å². The van der Waals surface area contributed by atoms with Gasteiger partial charge in [0.1, 0.15) is 0 Å². The molecule has 1 aromatic carbocycles. The number of alkyl halides is 3. The second-order valence-electron chi connectivity index (χ2n) is 4.58. The molecular formula is C14H17F3N2O3S. The summed E-state index contributed by atoms with van der Waals surface area (Å²) in [5, 5.41) is 1.68. The van der Waals surface area contributed by atoms with Gasteiger partial charge in [0.25, 0.3) is 0 Å². The lowest BCUT2D eigenvalue weighted by Gasteiger charge is -2.06. The maximum absolute atomic E-state index is 12.0. The maximum atomic E-state index is 12.0. The third kappa shape index (κ3) is 6.41. The highest BCUT2D eigenvalue weighted by Gasteiger charge is 2.37. The third-order valence-electron chi connectivity index (χ3n) is 2.66. The minimum Gasteiger partial charge on any atom is -0.345 e. The first-order valence-corrected chi connectivity index (χ1v) is 8.26. The number of rotatable bonds is 7. The molecule has 0 aliphatic rings. The molecule has 0 saturated carbocycles. The summed E-state index contributed by atoms with van der Waals surface area (Å²) >= 11 is 0. The lowest BCUT2D eigenvalue weighted by molar-refractivity contribution is -0.173. The van der Waals surface area contributed by atoms with Gasteiger partial charge in [-0.1, -0.05) is 31.2 Å². The second kappa shape index (κ2) is 8.11. The molecule has 0 radical (unpaired) electrons. The van der Waals surface area contributed by atoms with Gasteiger partial charge in [0.15, 0.2) is 0 Å². The van der Waals surface area contributed by atoms with E-state index in [1.807, 2.05) is 6.92 Å². The Hall–Kier alpha value is -1.87. The molecule has 0 saturated heterocycles. The van der Waals surface area contributed by atoms with E-state index in [-0.39, 0.29) is 11.4 Å². The van der Waals surface area contributed by atoms with Crippen molar-refractivity contribution in [3.63, 3.8) is 0 Å². The first-order valence-electron chi connectivity index (χ1n) is 6.78. The highest BCUT2D eigenvalue weighted by atomic mass is 32.2. The highest BCUT2D eigenvalue weighted by molar-refractivity contribution is 7.89. The van der Waals surface area contributed by atoms with Gasteiger partial charge in [-0.3, -0.25) is 4.79 Å². The number of halogens is 3. The van der Waals surface area contributed by atoms with Crippen LogP contribution in [-0.4, -0.2) is 33.6 Å². The normalized spacial score (nSPS) is 12.5. The first-order chi connectivity index (χ1) is 10.7. The van der Waals surface area contributed by atoms with Crippen LogP contribution in [0.5, 0.6) is 0 Å². The quantitative estimate of drug-likeness (QED) is 0.790. The Morgan fingerprint density at radius 1 is 1.30 bits per heavy atom. The maximum Gasteiger partial charge on any atom is 0.471 e. The molecule has 0 unspecified atom stereocenters. The molecular weight excluding hydrogens is 333 g/mol. The Morgan fingerprint density at radius 3 is 2.61 bits per heavy atom. The Morgan fingerprint density at radius 2 is 2.00 bits per heavy atom. The second-order valence-corrected chi connectivity index (χ2v) is 6.35. The van der Waals surface area contributed by atoms with Gasteiger partial charge >= 0.3 is 12.1 Å². The average molecular weight is 350 g/mol. The summed E-state index contributed by atoms with van der Waals surface area (Å²) in [5.74, 6) is -2.03. The zero-order chi connectivity index (χ0) is 17.5. The van der Waals surface area contributed by atoms with Crippen molar-refractivity contribution in [3.8, 4) is 0 Å². The van der Waals surface area contributed by atoms with Crippen molar-refractivity contribution in [2.45, 2.75) is 24.4 Å². The molecule has 23 heavy (non-hydrogen) atoms. The Labute approximate surface area is 132 Å². The van der Waals surface area contributed by atoms with E-state index in [1.54, 1.807) is 11.4 Å². The van der Waals surface area contributed by atoms with Crippen molar-refractivity contribution in [1.29, 1.82) is 0 Å². The number of sulfonamides is 1. The molecule has 128 valence electrons. The van der Waals surface area contributed by atoms with Crippen LogP contribution in [0.1, 0.15) is 18.9 Å². The van der Waals surface area contributed by atoms with Crippen molar-refractivity contribution >= 4 is 22.0 Å². The summed E-state index contributed by atoms with van der Waals surface area (Å²) in [6.07, 6.45) is -1.55. The van der Waals surface area contributed by atoms with Crippen LogP contribution >= 0.6 is 0 Å². The summed E-state index contributed by atoms with van der Waals surface area (Å²) < 4.78 is 62.3. The van der Waals surface area contributed by atoms with Gasteiger partial charge in [0.2, 0.25) is 10.0 Å². The topological polar surface area (TPSA) is 75.3 Å². The van der Waals surface area contributed by atoms with E-state index in [0.29, 0.717) is 18.5 Å². The lowest BCUT2D eigenvalue weighted by Crippen LogP contribution is -2.36. The van der Waals surface area contributed by atoms with E-state index in [0.717, 1.165) is 0 Å². The monoisotopic (exact) mass is 350 g/mol. The minimum absolute atomic E-state index is 0.0624. The molecule has 0 aliphatic carbocycles. The van der Waals surface area contributed by atoms with Crippen molar-refractivity contribution in [2.75, 3.05) is 13.1 Å². The Kier molecular flexibility index (Phi) is 6.77. The molecule has 0 atom stereocenters. The first kappa shape index (κ1) is 19.2. The molecule has 0 aliphatic heterocycles. The smallest absolute Gasteiger partial charge is 0.345 e. The Balaban J connectivity index is 2.71. The van der Waals surface area contributed by atoms with Gasteiger partial charge in [-0.25, -0.2) is 13.1 Å². The number of hydrogen-bond donors (Lipinski definition) is 2. The third-order valence-corrected chi connectivity index (χ3v) is 4.12. The number of carbonyl (C=O) groups excluding carboxylic acids is 1. The molecule has 9 heteroatoms. The van der Waals surface area contributed by atoms with E-state index in [1.165, 1.54) is 30.4 Å². The van der Waals surface area contributed by atoms with Crippen LogP contribution in [0.25, 0.3) is 6.08 Å². The van der Waals surface area contributed by atoms with Gasteiger partial charge in [0, 0.05) is 13.1 Å². The predicted molar refractivity (Wildman–Crippen MR) is 80.0 cm³/mol. The van der Waals surface area contributed by atoms with Crippen molar-refractivity contribution in [1.82, 2.24) is 10.0 Å². The molecule has 1 rings (SSSR count). The van der Waals surface area contributed by atoms with Crippen LogP contribution in [0, 0.1) is 0 Å². The highest BCUT2D eigenvalue weighted by Crippen LogP contribution is 2.14. The zero-order valence-electron chi connectivity index (χ0n) is 12.4. The van der Waals surface area contributed by atoms with Crippen LogP contribution in [0.4, 0.5) is 13.2 Å². The zero-order valence-corrected chi connectivity index (χ0v) is 13.2. The SMILES string of the molecule is CCCNS(=O)(=O)c1cccc(/C=C/CNC(=O)C(F)(F)F)c1. The number of nitrogens with one attached hydrogen (secondary N) is 2. The molecule has 1 amide bonds. The number of hydrogen-bond acceptors (Lipinski definition) is 3. The molecule has 1 aromatic rings. The van der Waals surface area contributed by atoms with Gasteiger partial charge in [-0.15, -0.1) is 0 Å². The van der Waals surface area contributed by atoms with E-state index in [9.17, 15) is 26.4 Å². The molecule has 2 N–H and O–H groups in total. The van der Waals surface area contributed by atoms with Crippen LogP contribution in [0.2, 0.25) is 0 Å². The number of benzene rings is 1. The molecule has 5 nitrogen and oxygen atoms in total. The van der Waals surface area contributed by atoms with Crippen LogP contribution in [0.15, 0.2) is 35.2 Å². The predicted octanol–water partition coefficient (Wildman–Crippen LogP) is 2.07. The standard InChI is InChI=1S/C14H17F3N2O3S/c1-2-8-19-23(21,22)12-7-3-5-11(10-12)6-4-9-18-13(20)14(15,16)17/h3-7,10,19H,2,8-9H2,1H3,(H,18,20)/b6-4+. The van der Waals surface area contributed by atoms with Crippen molar-refractivity contribution in [3.05, 3.63) is 35.9 Å². The average Bonchev–Trinajstić information content (AvgIpc) is 2.48. The molecule has 0 aromatic heterocycles. The van der Waals surface area contributed by atoms with E-state index in [2.05, 4.69) is 4.72 Å². The van der Waals surface area contributed by atoms with Gasteiger partial charge < -0.3 is 5.32 Å². The van der Waals surface area contributed by atoms with Crippen LogP contribution < -0.4 is 10.0 Å². The summed E-state index contributed by atoms with van der Waals surface area (Å²) in [6.45, 7) is 1.83. The summed E-state index contributed by atoms with van der Waals surface area (Å²) in [7, 11) is -3.61. The van der Waals surface area contributed by atoms with E-state index in [4.69, 9.17) is 0 Å². The molecule has 0 spiro atoms. The lowest BCUT2D eigenvalue weighted by atomic mass is 10.2. The van der Waals surface area contributed by atoms with Crippen LogP contribution in [-0.2, 0) is 14.8 Å². The van der Waals surface area contributed by atoms with Gasteiger partial charge in [-0.05, 0) is 24.1 Å². The number of carbonyl (C=O) groups is 1. The van der Waals surface area contributed by atoms with Crippen molar-refractivity contribution < 1.29 is 26.4 Å². The van der Waals surface area contributed by atoms with Gasteiger partial charge in [0.05, 0.1) is 4.90 Å². The Bertz CT molecular complexity index is 670. The summed E-state index contributed by atoms with van der Waals surface area (Å²) in [4.78, 5) is 10.7. The van der Waals surface area contributed by atoms with E-state index < -0.39 is 22.1 Å². The fraction of sp³-hybridized carbons (Fsp3) is 0.357. The molecule has 0 fully saturated rings. The molecule has 0 heterocycles. The summed E-state index contributed by atoms with van der Waals surface area (Å²) in [6, 6.07) is 5.93. The van der Waals surface area contributed by atoms with Crippen molar-refractivity contribution in [2.24, 2.45) is 0 Å². The number of amides is 1. The fourth-order valence-electron chi connectivity index (χ4n) is 1.55. The minimum atomic E-state index is -4.92. The van der Waals surface area contributed by atoms with Gasteiger partial charge in [-0.2, -0.15) is 13.2 Å². The molecule has 0 bridgehead atoms. The fourth-order valence-corrected chi connectivity index (χ4v) is 2.74. The largest absolute Gasteiger partial charge is 0.471 e.